The number of nitrogens with one attached hydrogen (secondary N) is 2. The van der Waals surface area contributed by atoms with Crippen molar-refractivity contribution in [1.82, 2.24) is 15.5 Å². The highest BCUT2D eigenvalue weighted by Crippen LogP contribution is 2.46. The third-order valence-electron chi connectivity index (χ3n) is 8.10. The van der Waals surface area contributed by atoms with Gasteiger partial charge in [0.25, 0.3) is 0 Å². The van der Waals surface area contributed by atoms with E-state index < -0.39 is 0 Å². The van der Waals surface area contributed by atoms with E-state index in [2.05, 4.69) is 16.7 Å². The molecule has 4 aliphatic rings. The Morgan fingerprint density at radius 3 is 2.34 bits per heavy atom. The van der Waals surface area contributed by atoms with Gasteiger partial charge in [-0.25, -0.2) is 4.79 Å². The zero-order chi connectivity index (χ0) is 22.0. The fourth-order valence-corrected chi connectivity index (χ4v) is 5.93. The van der Waals surface area contributed by atoms with Crippen LogP contribution < -0.4 is 15.4 Å². The molecular formula is C26H37N3O3. The molecule has 2 N–H and O–H groups in total. The van der Waals surface area contributed by atoms with Gasteiger partial charge in [0, 0.05) is 50.4 Å². The topological polar surface area (TPSA) is 70.7 Å². The summed E-state index contributed by atoms with van der Waals surface area (Å²) in [5, 5.41) is 6.46. The standard InChI is InChI=1S/C26H37N3O3/c30-24(27-20-9-6-10-20)17-19-18-26(32-23-12-5-4-11-22(19)23)13-15-29(16-14-26)25(31)28-21-7-2-1-3-8-21/h4-5,11-12,19-21H,1-3,6-10,13-18H2,(H,27,30)(H,28,31). The molecule has 0 radical (unpaired) electrons. The summed E-state index contributed by atoms with van der Waals surface area (Å²) in [6, 6.07) is 8.98. The van der Waals surface area contributed by atoms with E-state index >= 15 is 0 Å². The maximum atomic E-state index is 12.8. The minimum atomic E-state index is -0.280. The summed E-state index contributed by atoms with van der Waals surface area (Å²) in [5.41, 5.74) is 0.872. The molecule has 3 fully saturated rings. The van der Waals surface area contributed by atoms with E-state index in [0.717, 1.165) is 56.3 Å². The number of benzene rings is 1. The van der Waals surface area contributed by atoms with Gasteiger partial charge in [0.2, 0.25) is 5.91 Å². The molecule has 5 rings (SSSR count). The largest absolute Gasteiger partial charge is 0.487 e. The Kier molecular flexibility index (Phi) is 6.29. The van der Waals surface area contributed by atoms with Crippen LogP contribution in [0.5, 0.6) is 5.75 Å². The summed E-state index contributed by atoms with van der Waals surface area (Å²) in [4.78, 5) is 27.5. The van der Waals surface area contributed by atoms with Gasteiger partial charge in [0.15, 0.2) is 0 Å². The highest BCUT2D eigenvalue weighted by molar-refractivity contribution is 5.77. The highest BCUT2D eigenvalue weighted by atomic mass is 16.5. The van der Waals surface area contributed by atoms with E-state index in [0.29, 0.717) is 31.6 Å². The van der Waals surface area contributed by atoms with Crippen LogP contribution in [0.2, 0.25) is 0 Å². The Labute approximate surface area is 191 Å². The number of hydrogen-bond acceptors (Lipinski definition) is 3. The number of nitrogens with zero attached hydrogens (tertiary/aromatic N) is 1. The van der Waals surface area contributed by atoms with Crippen molar-refractivity contribution in [3.8, 4) is 5.75 Å². The number of carbonyl (C=O) groups is 2. The second-order valence-corrected chi connectivity index (χ2v) is 10.4. The van der Waals surface area contributed by atoms with Crippen LogP contribution in [0.15, 0.2) is 24.3 Å². The first-order valence-corrected chi connectivity index (χ1v) is 12.7. The van der Waals surface area contributed by atoms with Crippen LogP contribution in [0.25, 0.3) is 0 Å². The van der Waals surface area contributed by atoms with E-state index in [1.54, 1.807) is 0 Å². The first-order valence-electron chi connectivity index (χ1n) is 12.7. The first-order chi connectivity index (χ1) is 15.6. The summed E-state index contributed by atoms with van der Waals surface area (Å²) in [6.07, 6.45) is 12.4. The average Bonchev–Trinajstić information content (AvgIpc) is 2.77. The monoisotopic (exact) mass is 439 g/mol. The average molecular weight is 440 g/mol. The van der Waals surface area contributed by atoms with Gasteiger partial charge in [0.05, 0.1) is 0 Å². The number of hydrogen-bond donors (Lipinski definition) is 2. The molecule has 6 heteroatoms. The lowest BCUT2D eigenvalue weighted by Gasteiger charge is -2.47. The summed E-state index contributed by atoms with van der Waals surface area (Å²) < 4.78 is 6.57. The van der Waals surface area contributed by atoms with Crippen LogP contribution >= 0.6 is 0 Å². The lowest BCUT2D eigenvalue weighted by molar-refractivity contribution is -0.123. The molecule has 174 valence electrons. The Morgan fingerprint density at radius 2 is 1.62 bits per heavy atom. The Bertz CT molecular complexity index is 823. The first kappa shape index (κ1) is 21.6. The van der Waals surface area contributed by atoms with Crippen LogP contribution in [0, 0.1) is 0 Å². The quantitative estimate of drug-likeness (QED) is 0.726. The number of carbonyl (C=O) groups excluding carboxylic acids is 2. The Morgan fingerprint density at radius 1 is 0.938 bits per heavy atom. The fraction of sp³-hybridized carbons (Fsp3) is 0.692. The molecule has 0 bridgehead atoms. The molecule has 2 aliphatic heterocycles. The number of amides is 3. The number of urea groups is 1. The number of ether oxygens (including phenoxy) is 1. The third kappa shape index (κ3) is 4.74. The lowest BCUT2D eigenvalue weighted by Crippen LogP contribution is -2.55. The Balaban J connectivity index is 1.22. The van der Waals surface area contributed by atoms with Crippen LogP contribution in [-0.4, -0.2) is 47.6 Å². The predicted octanol–water partition coefficient (Wildman–Crippen LogP) is 4.49. The Hall–Kier alpha value is -2.24. The molecule has 1 aromatic carbocycles. The molecule has 1 saturated heterocycles. The molecule has 1 aromatic rings. The molecule has 0 aromatic heterocycles. The van der Waals surface area contributed by atoms with Crippen LogP contribution in [0.3, 0.4) is 0 Å². The maximum Gasteiger partial charge on any atom is 0.317 e. The van der Waals surface area contributed by atoms with Gasteiger partial charge >= 0.3 is 6.03 Å². The van der Waals surface area contributed by atoms with Gasteiger partial charge in [-0.3, -0.25) is 4.79 Å². The summed E-state index contributed by atoms with van der Waals surface area (Å²) in [7, 11) is 0. The molecule has 1 spiro atoms. The van der Waals surface area contributed by atoms with Crippen LogP contribution in [0.1, 0.15) is 88.5 Å². The van der Waals surface area contributed by atoms with E-state index in [4.69, 9.17) is 4.74 Å². The van der Waals surface area contributed by atoms with Crippen molar-refractivity contribution in [2.45, 2.75) is 101 Å². The second-order valence-electron chi connectivity index (χ2n) is 10.4. The smallest absolute Gasteiger partial charge is 0.317 e. The molecule has 2 saturated carbocycles. The van der Waals surface area contributed by atoms with Crippen molar-refractivity contribution in [2.24, 2.45) is 0 Å². The second kappa shape index (κ2) is 9.32. The van der Waals surface area contributed by atoms with E-state index in [9.17, 15) is 9.59 Å². The molecular weight excluding hydrogens is 402 g/mol. The molecule has 6 nitrogen and oxygen atoms in total. The number of piperidine rings is 1. The lowest BCUT2D eigenvalue weighted by atomic mass is 9.76. The molecule has 32 heavy (non-hydrogen) atoms. The molecule has 1 atom stereocenters. The predicted molar refractivity (Wildman–Crippen MR) is 124 cm³/mol. The minimum absolute atomic E-state index is 0.0828. The third-order valence-corrected chi connectivity index (χ3v) is 8.10. The minimum Gasteiger partial charge on any atom is -0.487 e. The molecule has 2 aliphatic carbocycles. The highest BCUT2D eigenvalue weighted by Gasteiger charge is 2.44. The van der Waals surface area contributed by atoms with Crippen molar-refractivity contribution < 1.29 is 14.3 Å². The van der Waals surface area contributed by atoms with Gasteiger partial charge < -0.3 is 20.3 Å². The molecule has 2 heterocycles. The van der Waals surface area contributed by atoms with Crippen molar-refractivity contribution in [3.63, 3.8) is 0 Å². The van der Waals surface area contributed by atoms with E-state index in [-0.39, 0.29) is 23.5 Å². The normalized spacial score (nSPS) is 25.4. The van der Waals surface area contributed by atoms with Crippen LogP contribution in [0.4, 0.5) is 4.79 Å². The summed E-state index contributed by atoms with van der Waals surface area (Å²) >= 11 is 0. The van der Waals surface area contributed by atoms with Crippen molar-refractivity contribution in [3.05, 3.63) is 29.8 Å². The van der Waals surface area contributed by atoms with Gasteiger partial charge in [-0.1, -0.05) is 37.5 Å². The maximum absolute atomic E-state index is 12.8. The zero-order valence-corrected chi connectivity index (χ0v) is 19.1. The van der Waals surface area contributed by atoms with Gasteiger partial charge in [0.1, 0.15) is 11.4 Å². The number of likely N-dealkylation sites (tertiary alicyclic amines) is 1. The van der Waals surface area contributed by atoms with Gasteiger partial charge in [-0.2, -0.15) is 0 Å². The number of para-hydroxylation sites is 1. The number of rotatable bonds is 4. The fourth-order valence-electron chi connectivity index (χ4n) is 5.93. The van der Waals surface area contributed by atoms with Crippen molar-refractivity contribution >= 4 is 11.9 Å². The zero-order valence-electron chi connectivity index (χ0n) is 19.1. The van der Waals surface area contributed by atoms with Crippen molar-refractivity contribution in [2.75, 3.05) is 13.1 Å². The molecule has 1 unspecified atom stereocenters. The van der Waals surface area contributed by atoms with E-state index in [1.165, 1.54) is 25.7 Å². The van der Waals surface area contributed by atoms with Crippen molar-refractivity contribution in [1.29, 1.82) is 0 Å². The number of fused-ring (bicyclic) bond motifs is 1. The van der Waals surface area contributed by atoms with Gasteiger partial charge in [-0.15, -0.1) is 0 Å². The van der Waals surface area contributed by atoms with Crippen LogP contribution in [-0.2, 0) is 4.79 Å². The SMILES string of the molecule is O=C(CC1CC2(CCN(C(=O)NC3CCCCC3)CC2)Oc2ccccc21)NC1CCC1. The summed E-state index contributed by atoms with van der Waals surface area (Å²) in [6.45, 7) is 1.42. The van der Waals surface area contributed by atoms with Gasteiger partial charge in [-0.05, 0) is 50.2 Å². The van der Waals surface area contributed by atoms with E-state index in [1.807, 2.05) is 23.1 Å². The molecule has 3 amide bonds. The summed E-state index contributed by atoms with van der Waals surface area (Å²) in [5.74, 6) is 1.25.